The quantitative estimate of drug-likeness (QED) is 0.280. The van der Waals surface area contributed by atoms with Crippen molar-refractivity contribution in [2.24, 2.45) is 5.10 Å². The number of nitrogens with zero attached hydrogens (tertiary/aromatic N) is 2. The molecule has 3 rings (SSSR count). The molecule has 6 nitrogen and oxygen atoms in total. The van der Waals surface area contributed by atoms with Gasteiger partial charge in [0.2, 0.25) is 0 Å². The largest absolute Gasteiger partial charge is 0.372 e. The molecule has 0 radical (unpaired) electrons. The van der Waals surface area contributed by atoms with Gasteiger partial charge in [-0.25, -0.2) is 9.82 Å². The van der Waals surface area contributed by atoms with E-state index in [4.69, 9.17) is 0 Å². The van der Waals surface area contributed by atoms with Crippen LogP contribution in [-0.2, 0) is 4.79 Å². The molecule has 0 fully saturated rings. The molecule has 0 unspecified atom stereocenters. The molecule has 0 aromatic heterocycles. The molecule has 0 atom stereocenters. The normalized spacial score (nSPS) is 11.3. The van der Waals surface area contributed by atoms with Gasteiger partial charge in [0, 0.05) is 29.9 Å². The summed E-state index contributed by atoms with van der Waals surface area (Å²) in [6.45, 7) is 5.93. The van der Waals surface area contributed by atoms with Crippen LogP contribution in [0.4, 0.5) is 10.1 Å². The average Bonchev–Trinajstić information content (AvgIpc) is 2.87. The standard InChI is InChI=1S/C27H27FN4O2/c1-3-32(4-2)23-16-14-20(15-17-23)18-25(30-26(33)21-10-6-5-7-11-21)27(34)31-29-19-22-12-8-9-13-24(22)28/h5-19H,3-4H2,1-2H3,(H,30,33)(H,31,34)/b25-18-,29-19+. The average molecular weight is 459 g/mol. The van der Waals surface area contributed by atoms with E-state index in [2.05, 4.69) is 34.6 Å². The maximum atomic E-state index is 13.8. The first-order valence-corrected chi connectivity index (χ1v) is 11.0. The zero-order chi connectivity index (χ0) is 24.3. The molecule has 0 heterocycles. The van der Waals surface area contributed by atoms with Crippen LogP contribution in [0.15, 0.2) is 89.7 Å². The second-order valence-corrected chi connectivity index (χ2v) is 7.36. The Morgan fingerprint density at radius 2 is 1.56 bits per heavy atom. The van der Waals surface area contributed by atoms with Crippen LogP contribution in [0.3, 0.4) is 0 Å². The van der Waals surface area contributed by atoms with E-state index in [0.29, 0.717) is 5.56 Å². The van der Waals surface area contributed by atoms with Crippen LogP contribution >= 0.6 is 0 Å². The Kier molecular flexibility index (Phi) is 8.68. The Morgan fingerprint density at radius 3 is 2.21 bits per heavy atom. The van der Waals surface area contributed by atoms with Crippen molar-refractivity contribution in [3.05, 3.63) is 107 Å². The van der Waals surface area contributed by atoms with E-state index in [1.165, 1.54) is 18.3 Å². The minimum Gasteiger partial charge on any atom is -0.372 e. The van der Waals surface area contributed by atoms with E-state index in [-0.39, 0.29) is 11.3 Å². The van der Waals surface area contributed by atoms with Gasteiger partial charge in [-0.15, -0.1) is 0 Å². The minimum absolute atomic E-state index is 0.00938. The van der Waals surface area contributed by atoms with E-state index in [0.717, 1.165) is 24.3 Å². The predicted octanol–water partition coefficient (Wildman–Crippen LogP) is 4.59. The molecule has 34 heavy (non-hydrogen) atoms. The van der Waals surface area contributed by atoms with E-state index in [1.807, 2.05) is 24.3 Å². The van der Waals surface area contributed by atoms with Crippen molar-refractivity contribution in [3.63, 3.8) is 0 Å². The van der Waals surface area contributed by atoms with Gasteiger partial charge in [-0.05, 0) is 55.8 Å². The van der Waals surface area contributed by atoms with Gasteiger partial charge in [-0.3, -0.25) is 9.59 Å². The number of amides is 2. The lowest BCUT2D eigenvalue weighted by molar-refractivity contribution is -0.117. The summed E-state index contributed by atoms with van der Waals surface area (Å²) < 4.78 is 13.8. The summed E-state index contributed by atoms with van der Waals surface area (Å²) in [5.74, 6) is -1.52. The maximum absolute atomic E-state index is 13.8. The topological polar surface area (TPSA) is 73.8 Å². The van der Waals surface area contributed by atoms with Crippen LogP contribution in [-0.4, -0.2) is 31.1 Å². The van der Waals surface area contributed by atoms with Crippen molar-refractivity contribution in [2.75, 3.05) is 18.0 Å². The van der Waals surface area contributed by atoms with Gasteiger partial charge in [0.1, 0.15) is 11.5 Å². The van der Waals surface area contributed by atoms with Crippen LogP contribution in [0.1, 0.15) is 35.3 Å². The van der Waals surface area contributed by atoms with Gasteiger partial charge in [0.15, 0.2) is 0 Å². The van der Waals surface area contributed by atoms with E-state index in [1.54, 1.807) is 48.5 Å². The monoisotopic (exact) mass is 458 g/mol. The van der Waals surface area contributed by atoms with Gasteiger partial charge in [-0.1, -0.05) is 48.5 Å². The first-order valence-electron chi connectivity index (χ1n) is 11.0. The molecule has 0 aliphatic rings. The molecular formula is C27H27FN4O2. The van der Waals surface area contributed by atoms with Gasteiger partial charge in [0.05, 0.1) is 6.21 Å². The number of carbonyl (C=O) groups excluding carboxylic acids is 2. The Bertz CT molecular complexity index is 1170. The lowest BCUT2D eigenvalue weighted by Crippen LogP contribution is -2.32. The molecule has 174 valence electrons. The molecule has 7 heteroatoms. The van der Waals surface area contributed by atoms with E-state index < -0.39 is 17.6 Å². The molecular weight excluding hydrogens is 431 g/mol. The highest BCUT2D eigenvalue weighted by molar-refractivity contribution is 6.05. The Balaban J connectivity index is 1.83. The first-order chi connectivity index (χ1) is 16.5. The number of halogens is 1. The van der Waals surface area contributed by atoms with Crippen LogP contribution < -0.4 is 15.6 Å². The van der Waals surface area contributed by atoms with Crippen molar-refractivity contribution < 1.29 is 14.0 Å². The summed E-state index contributed by atoms with van der Waals surface area (Å²) in [5.41, 5.74) is 4.80. The summed E-state index contributed by atoms with van der Waals surface area (Å²) in [4.78, 5) is 27.7. The van der Waals surface area contributed by atoms with E-state index >= 15 is 0 Å². The fourth-order valence-electron chi connectivity index (χ4n) is 3.28. The lowest BCUT2D eigenvalue weighted by Gasteiger charge is -2.20. The van der Waals surface area contributed by atoms with Crippen molar-refractivity contribution in [2.45, 2.75) is 13.8 Å². The summed E-state index contributed by atoms with van der Waals surface area (Å²) >= 11 is 0. The third kappa shape index (κ3) is 6.62. The van der Waals surface area contributed by atoms with Gasteiger partial charge >= 0.3 is 0 Å². The fraction of sp³-hybridized carbons (Fsp3) is 0.148. The number of nitrogens with one attached hydrogen (secondary N) is 2. The molecule has 0 bridgehead atoms. The number of benzene rings is 3. The first kappa shape index (κ1) is 24.4. The highest BCUT2D eigenvalue weighted by atomic mass is 19.1. The van der Waals surface area contributed by atoms with Gasteiger partial charge in [0.25, 0.3) is 11.8 Å². The maximum Gasteiger partial charge on any atom is 0.287 e. The highest BCUT2D eigenvalue weighted by Gasteiger charge is 2.14. The van der Waals surface area contributed by atoms with Crippen molar-refractivity contribution in [1.82, 2.24) is 10.7 Å². The van der Waals surface area contributed by atoms with Crippen LogP contribution in [0.5, 0.6) is 0 Å². The number of anilines is 1. The molecule has 3 aromatic carbocycles. The minimum atomic E-state index is -0.635. The van der Waals surface area contributed by atoms with Crippen LogP contribution in [0.25, 0.3) is 6.08 Å². The van der Waals surface area contributed by atoms with Crippen molar-refractivity contribution in [1.29, 1.82) is 0 Å². The fourth-order valence-corrected chi connectivity index (χ4v) is 3.28. The molecule has 0 saturated carbocycles. The molecule has 2 amide bonds. The third-order valence-corrected chi connectivity index (χ3v) is 5.14. The molecule has 0 saturated heterocycles. The number of hydrogen-bond donors (Lipinski definition) is 2. The second-order valence-electron chi connectivity index (χ2n) is 7.36. The number of carbonyl (C=O) groups is 2. The predicted molar refractivity (Wildman–Crippen MR) is 134 cm³/mol. The van der Waals surface area contributed by atoms with Crippen LogP contribution in [0, 0.1) is 5.82 Å². The highest BCUT2D eigenvalue weighted by Crippen LogP contribution is 2.16. The smallest absolute Gasteiger partial charge is 0.287 e. The SMILES string of the molecule is CCN(CC)c1ccc(/C=C(\NC(=O)c2ccccc2)C(=O)N/N=C/c2ccccc2F)cc1. The second kappa shape index (κ2) is 12.1. The zero-order valence-electron chi connectivity index (χ0n) is 19.2. The third-order valence-electron chi connectivity index (χ3n) is 5.14. The van der Waals surface area contributed by atoms with Crippen molar-refractivity contribution >= 4 is 29.8 Å². The van der Waals surface area contributed by atoms with Crippen LogP contribution in [0.2, 0.25) is 0 Å². The molecule has 3 aromatic rings. The number of hydrazone groups is 1. The Morgan fingerprint density at radius 1 is 0.912 bits per heavy atom. The molecule has 2 N–H and O–H groups in total. The summed E-state index contributed by atoms with van der Waals surface area (Å²) in [6.07, 6.45) is 2.78. The summed E-state index contributed by atoms with van der Waals surface area (Å²) in [5, 5.41) is 6.49. The van der Waals surface area contributed by atoms with E-state index in [9.17, 15) is 14.0 Å². The Hall–Kier alpha value is -4.26. The van der Waals surface area contributed by atoms with Crippen molar-refractivity contribution in [3.8, 4) is 0 Å². The summed E-state index contributed by atoms with van der Waals surface area (Å²) in [7, 11) is 0. The summed E-state index contributed by atoms with van der Waals surface area (Å²) in [6, 6.07) is 22.3. The lowest BCUT2D eigenvalue weighted by atomic mass is 10.1. The number of rotatable bonds is 9. The Labute approximate surface area is 198 Å². The molecule has 0 aliphatic carbocycles. The van der Waals surface area contributed by atoms with Gasteiger partial charge in [-0.2, -0.15) is 5.10 Å². The molecule has 0 aliphatic heterocycles. The molecule has 0 spiro atoms. The number of hydrogen-bond acceptors (Lipinski definition) is 4. The van der Waals surface area contributed by atoms with Gasteiger partial charge < -0.3 is 10.2 Å². The zero-order valence-corrected chi connectivity index (χ0v) is 19.2.